The van der Waals surface area contributed by atoms with Crippen LogP contribution in [0.3, 0.4) is 0 Å². The lowest BCUT2D eigenvalue weighted by atomic mass is 10.1. The van der Waals surface area contributed by atoms with Crippen LogP contribution in [0.2, 0.25) is 0 Å². The van der Waals surface area contributed by atoms with Gasteiger partial charge in [-0.05, 0) is 49.9 Å². The van der Waals surface area contributed by atoms with E-state index in [9.17, 15) is 0 Å². The van der Waals surface area contributed by atoms with Gasteiger partial charge in [-0.1, -0.05) is 258 Å². The minimum atomic E-state index is 0.445. The van der Waals surface area contributed by atoms with Crippen LogP contribution in [0.4, 0.5) is 11.4 Å². The Labute approximate surface area is 418 Å². The number of thiocarbonyl (C=S) groups is 2. The molecule has 0 heterocycles. The Morgan fingerprint density at radius 1 is 0.303 bits per heavy atom. The molecule has 0 aliphatic carbocycles. The zero-order valence-electron chi connectivity index (χ0n) is 43.2. The van der Waals surface area contributed by atoms with E-state index in [0.29, 0.717) is 36.4 Å². The Bertz CT molecular complexity index is 1350. The van der Waals surface area contributed by atoms with Gasteiger partial charge < -0.3 is 29.6 Å². The van der Waals surface area contributed by atoms with Crippen LogP contribution in [0.1, 0.15) is 259 Å². The second kappa shape index (κ2) is 43.7. The number of nitrogens with one attached hydrogen (secondary N) is 2. The molecular weight excluding hydrogens is 853 g/mol. The summed E-state index contributed by atoms with van der Waals surface area (Å²) in [6.07, 6.45) is 46.2. The van der Waals surface area contributed by atoms with Gasteiger partial charge in [0.1, 0.15) is 9.98 Å². The van der Waals surface area contributed by atoms with E-state index in [1.807, 2.05) is 36.4 Å². The van der Waals surface area contributed by atoms with Crippen LogP contribution >= 0.6 is 24.4 Å². The number of unbranched alkanes of at least 4 members (excludes halogenated alkanes) is 32. The molecule has 2 aromatic rings. The molecule has 2 aromatic carbocycles. The standard InChI is InChI=1S/C58H100N2O4S2/c1-5-9-13-17-21-25-29-33-37-45-61-53-43-41-51(49-55(53)63-47-39-35-31-27-23-19-15-11-7-3)59-57(65)58(66)60-52-42-44-54(62-46-38-34-30-26-22-18-14-10-6-2)56(50-52)64-48-40-36-32-28-24-20-16-12-8-4/h41-44,49-50H,5-40,45-48H2,1-4H3,(H,59,65)(H,60,66). The van der Waals surface area contributed by atoms with Crippen molar-refractivity contribution in [2.24, 2.45) is 0 Å². The molecule has 0 amide bonds. The monoisotopic (exact) mass is 953 g/mol. The third-order valence-electron chi connectivity index (χ3n) is 12.6. The second-order valence-electron chi connectivity index (χ2n) is 18.9. The van der Waals surface area contributed by atoms with Gasteiger partial charge in [-0.3, -0.25) is 0 Å². The van der Waals surface area contributed by atoms with Gasteiger partial charge in [-0.25, -0.2) is 0 Å². The highest BCUT2D eigenvalue weighted by atomic mass is 32.1. The Kier molecular flexibility index (Phi) is 39.4. The Morgan fingerprint density at radius 3 is 0.758 bits per heavy atom. The van der Waals surface area contributed by atoms with E-state index in [-0.39, 0.29) is 0 Å². The van der Waals surface area contributed by atoms with E-state index in [2.05, 4.69) is 38.3 Å². The summed E-state index contributed by atoms with van der Waals surface area (Å²) in [6.45, 7) is 11.8. The SMILES string of the molecule is CCCCCCCCCCCOc1ccc(NC(=S)C(=S)Nc2ccc(OCCCCCCCCCCC)c(OCCCCCCCCCCC)c2)cc1OCCCCCCCCCCC. The van der Waals surface area contributed by atoms with Crippen LogP contribution < -0.4 is 29.6 Å². The van der Waals surface area contributed by atoms with Crippen molar-refractivity contribution in [3.05, 3.63) is 36.4 Å². The average Bonchev–Trinajstić information content (AvgIpc) is 3.32. The van der Waals surface area contributed by atoms with Crippen molar-refractivity contribution in [3.8, 4) is 23.0 Å². The van der Waals surface area contributed by atoms with Crippen LogP contribution in [0.5, 0.6) is 23.0 Å². The average molecular weight is 954 g/mol. The van der Waals surface area contributed by atoms with Crippen LogP contribution in [-0.4, -0.2) is 36.4 Å². The fraction of sp³-hybridized carbons (Fsp3) is 0.759. The summed E-state index contributed by atoms with van der Waals surface area (Å²) < 4.78 is 25.5. The first-order chi connectivity index (χ1) is 32.5. The smallest absolute Gasteiger partial charge is 0.163 e. The van der Waals surface area contributed by atoms with E-state index in [4.69, 9.17) is 43.4 Å². The number of ether oxygens (including phenoxy) is 4. The molecule has 0 unspecified atom stereocenters. The summed E-state index contributed by atoms with van der Waals surface area (Å²) in [4.78, 5) is 0.891. The second-order valence-corrected chi connectivity index (χ2v) is 19.8. The molecule has 0 saturated carbocycles. The third-order valence-corrected chi connectivity index (χ3v) is 13.4. The topological polar surface area (TPSA) is 61.0 Å². The highest BCUT2D eigenvalue weighted by Crippen LogP contribution is 2.33. The zero-order valence-corrected chi connectivity index (χ0v) is 44.8. The van der Waals surface area contributed by atoms with Crippen LogP contribution in [0.25, 0.3) is 0 Å². The lowest BCUT2D eigenvalue weighted by molar-refractivity contribution is 0.258. The van der Waals surface area contributed by atoms with Crippen molar-refractivity contribution in [2.45, 2.75) is 259 Å². The maximum Gasteiger partial charge on any atom is 0.163 e. The van der Waals surface area contributed by atoms with Gasteiger partial charge in [0.2, 0.25) is 0 Å². The molecule has 2 N–H and O–H groups in total. The predicted octanol–water partition coefficient (Wildman–Crippen LogP) is 19.5. The lowest BCUT2D eigenvalue weighted by Crippen LogP contribution is -2.25. The first-order valence-electron chi connectivity index (χ1n) is 27.9. The van der Waals surface area contributed by atoms with Crippen LogP contribution in [-0.2, 0) is 0 Å². The molecule has 0 atom stereocenters. The van der Waals surface area contributed by atoms with Crippen molar-refractivity contribution < 1.29 is 18.9 Å². The molecule has 2 rings (SSSR count). The molecule has 0 bridgehead atoms. The zero-order chi connectivity index (χ0) is 47.4. The van der Waals surface area contributed by atoms with Gasteiger partial charge in [-0.15, -0.1) is 0 Å². The largest absolute Gasteiger partial charge is 0.490 e. The summed E-state index contributed by atoms with van der Waals surface area (Å²) in [5.41, 5.74) is 1.65. The maximum atomic E-state index is 6.41. The number of anilines is 2. The summed E-state index contributed by atoms with van der Waals surface area (Å²) in [5, 5.41) is 6.75. The van der Waals surface area contributed by atoms with Crippen LogP contribution in [0, 0.1) is 0 Å². The van der Waals surface area contributed by atoms with Crippen molar-refractivity contribution in [3.63, 3.8) is 0 Å². The molecule has 0 aliphatic rings. The fourth-order valence-electron chi connectivity index (χ4n) is 8.39. The predicted molar refractivity (Wildman–Crippen MR) is 296 cm³/mol. The summed E-state index contributed by atoms with van der Waals surface area (Å²) in [6, 6.07) is 12.0. The van der Waals surface area contributed by atoms with Crippen LogP contribution in [0.15, 0.2) is 36.4 Å². The van der Waals surface area contributed by atoms with Crippen molar-refractivity contribution in [2.75, 3.05) is 37.1 Å². The quantitative estimate of drug-likeness (QED) is 0.0503. The fourth-order valence-corrected chi connectivity index (χ4v) is 8.73. The minimum absolute atomic E-state index is 0.445. The Morgan fingerprint density at radius 2 is 0.515 bits per heavy atom. The first-order valence-corrected chi connectivity index (χ1v) is 28.8. The van der Waals surface area contributed by atoms with Gasteiger partial charge in [0.15, 0.2) is 23.0 Å². The molecule has 0 aliphatic heterocycles. The number of rotatable bonds is 46. The van der Waals surface area contributed by atoms with Gasteiger partial charge in [-0.2, -0.15) is 0 Å². The number of benzene rings is 2. The minimum Gasteiger partial charge on any atom is -0.490 e. The lowest BCUT2D eigenvalue weighted by Gasteiger charge is -2.17. The molecule has 8 heteroatoms. The first kappa shape index (κ1) is 59.5. The number of hydrogen-bond acceptors (Lipinski definition) is 6. The molecule has 378 valence electrons. The molecule has 6 nitrogen and oxygen atoms in total. The summed E-state index contributed by atoms with van der Waals surface area (Å²) in [7, 11) is 0. The molecular formula is C58H100N2O4S2. The highest BCUT2D eigenvalue weighted by Gasteiger charge is 2.13. The molecule has 0 fully saturated rings. The van der Waals surface area contributed by atoms with E-state index in [1.165, 1.54) is 205 Å². The summed E-state index contributed by atoms with van der Waals surface area (Å²) >= 11 is 11.7. The van der Waals surface area contributed by atoms with E-state index < -0.39 is 0 Å². The number of hydrogen-bond donors (Lipinski definition) is 2. The van der Waals surface area contributed by atoms with E-state index >= 15 is 0 Å². The van der Waals surface area contributed by atoms with Gasteiger partial charge in [0, 0.05) is 23.5 Å². The molecule has 66 heavy (non-hydrogen) atoms. The Hall–Kier alpha value is -2.58. The normalized spacial score (nSPS) is 11.2. The summed E-state index contributed by atoms with van der Waals surface area (Å²) in [5.74, 6) is 3.09. The molecule has 0 aromatic heterocycles. The van der Waals surface area contributed by atoms with Gasteiger partial charge in [0.25, 0.3) is 0 Å². The van der Waals surface area contributed by atoms with E-state index in [1.54, 1.807) is 0 Å². The van der Waals surface area contributed by atoms with Crippen molar-refractivity contribution in [1.29, 1.82) is 0 Å². The molecule has 0 radical (unpaired) electrons. The molecule has 0 saturated heterocycles. The van der Waals surface area contributed by atoms with E-state index in [0.717, 1.165) is 60.1 Å². The highest BCUT2D eigenvalue weighted by molar-refractivity contribution is 7.89. The van der Waals surface area contributed by atoms with Gasteiger partial charge >= 0.3 is 0 Å². The van der Waals surface area contributed by atoms with Crippen molar-refractivity contribution in [1.82, 2.24) is 0 Å². The van der Waals surface area contributed by atoms with Crippen molar-refractivity contribution >= 4 is 45.8 Å². The molecule has 0 spiro atoms. The third kappa shape index (κ3) is 32.2. The van der Waals surface area contributed by atoms with Gasteiger partial charge in [0.05, 0.1) is 26.4 Å². The maximum absolute atomic E-state index is 6.41. The Balaban J connectivity index is 1.99.